The van der Waals surface area contributed by atoms with E-state index in [1.54, 1.807) is 30.6 Å². The van der Waals surface area contributed by atoms with E-state index in [2.05, 4.69) is 15.3 Å². The highest BCUT2D eigenvalue weighted by Crippen LogP contribution is 2.37. The molecule has 1 aromatic heterocycles. The van der Waals surface area contributed by atoms with Crippen LogP contribution in [-0.2, 0) is 5.54 Å². The van der Waals surface area contributed by atoms with Gasteiger partial charge in [0.1, 0.15) is 5.82 Å². The van der Waals surface area contributed by atoms with Gasteiger partial charge in [-0.25, -0.2) is 4.39 Å². The van der Waals surface area contributed by atoms with Crippen LogP contribution in [0.25, 0.3) is 11.1 Å². The smallest absolute Gasteiger partial charge is 0.255 e. The maximum Gasteiger partial charge on any atom is 0.255 e. The van der Waals surface area contributed by atoms with Gasteiger partial charge in [0.15, 0.2) is 5.17 Å². The Kier molecular flexibility index (Phi) is 5.55. The molecule has 7 heteroatoms. The summed E-state index contributed by atoms with van der Waals surface area (Å²) in [7, 11) is 0. The zero-order valence-corrected chi connectivity index (χ0v) is 17.2. The van der Waals surface area contributed by atoms with Crippen molar-refractivity contribution in [2.45, 2.75) is 18.9 Å². The number of aliphatic imine (C=N–C) groups is 1. The fraction of sp³-hybridized carbons (Fsp3) is 0.174. The fourth-order valence-corrected chi connectivity index (χ4v) is 4.46. The third kappa shape index (κ3) is 4.21. The number of carbonyl (C=O) groups excluding carboxylic acids is 1. The number of amides is 1. The molecule has 0 saturated heterocycles. The molecule has 5 nitrogen and oxygen atoms in total. The molecule has 2 heterocycles. The van der Waals surface area contributed by atoms with Crippen molar-refractivity contribution in [3.05, 3.63) is 83.9 Å². The van der Waals surface area contributed by atoms with Gasteiger partial charge in [-0.2, -0.15) is 0 Å². The number of rotatable bonds is 4. The molecule has 0 radical (unpaired) electrons. The minimum Gasteiger partial charge on any atom is -0.379 e. The summed E-state index contributed by atoms with van der Waals surface area (Å²) in [5.74, 6) is 0.137. The Morgan fingerprint density at radius 2 is 1.93 bits per heavy atom. The summed E-state index contributed by atoms with van der Waals surface area (Å²) in [6.45, 7) is 1.86. The van der Waals surface area contributed by atoms with E-state index >= 15 is 0 Å². The first-order chi connectivity index (χ1) is 14.4. The third-order valence-electron chi connectivity index (χ3n) is 5.14. The quantitative estimate of drug-likeness (QED) is 0.635. The summed E-state index contributed by atoms with van der Waals surface area (Å²) in [5, 5.41) is 3.32. The lowest BCUT2D eigenvalue weighted by Gasteiger charge is -2.30. The van der Waals surface area contributed by atoms with Gasteiger partial charge in [-0.3, -0.25) is 14.8 Å². The molecule has 4 rings (SSSR count). The molecule has 0 spiro atoms. The molecule has 1 aliphatic heterocycles. The van der Waals surface area contributed by atoms with Gasteiger partial charge in [-0.05, 0) is 66.9 Å². The van der Waals surface area contributed by atoms with Crippen molar-refractivity contribution in [1.29, 1.82) is 0 Å². The van der Waals surface area contributed by atoms with E-state index in [4.69, 9.17) is 5.73 Å². The summed E-state index contributed by atoms with van der Waals surface area (Å²) in [6.07, 6.45) is 4.09. The van der Waals surface area contributed by atoms with Crippen molar-refractivity contribution in [1.82, 2.24) is 4.98 Å². The molecule has 3 aromatic rings. The predicted octanol–water partition coefficient (Wildman–Crippen LogP) is 4.81. The van der Waals surface area contributed by atoms with E-state index in [1.165, 1.54) is 17.8 Å². The molecule has 1 unspecified atom stereocenters. The normalized spacial score (nSPS) is 18.5. The number of nitrogens with zero attached hydrogens (tertiary/aromatic N) is 2. The Balaban J connectivity index is 1.60. The van der Waals surface area contributed by atoms with Gasteiger partial charge in [-0.1, -0.05) is 23.9 Å². The van der Waals surface area contributed by atoms with E-state index in [1.807, 2.05) is 37.3 Å². The lowest BCUT2D eigenvalue weighted by molar-refractivity contribution is 0.102. The molecule has 3 N–H and O–H groups in total. The molecule has 0 bridgehead atoms. The average Bonchev–Trinajstić information content (AvgIpc) is 2.75. The number of benzene rings is 2. The first-order valence-electron chi connectivity index (χ1n) is 9.55. The first-order valence-corrected chi connectivity index (χ1v) is 10.5. The third-order valence-corrected chi connectivity index (χ3v) is 5.93. The number of anilines is 1. The standard InChI is InChI=1S/C23H21FN4OS/c1-23(9-12-30-22(25)28-23)19-14-18(5-6-20(19)24)27-21(29)17-4-2-3-16(13-17)15-7-10-26-11-8-15/h2-8,10-11,13-14H,9,12H2,1H3,(H2,25,28)(H,27,29). The number of nitrogens with one attached hydrogen (secondary N) is 1. The molecule has 0 fully saturated rings. The molecule has 1 amide bonds. The number of pyridine rings is 1. The number of halogens is 1. The highest BCUT2D eigenvalue weighted by molar-refractivity contribution is 8.13. The zero-order valence-electron chi connectivity index (χ0n) is 16.4. The second-order valence-corrected chi connectivity index (χ2v) is 8.40. The first kappa shape index (κ1) is 20.1. The molecule has 0 aliphatic carbocycles. The van der Waals surface area contributed by atoms with Gasteiger partial charge in [-0.15, -0.1) is 0 Å². The van der Waals surface area contributed by atoms with Crippen LogP contribution in [0.3, 0.4) is 0 Å². The molecule has 152 valence electrons. The topological polar surface area (TPSA) is 80.4 Å². The van der Waals surface area contributed by atoms with Crippen LogP contribution in [0.1, 0.15) is 29.3 Å². The van der Waals surface area contributed by atoms with E-state index in [9.17, 15) is 9.18 Å². The number of hydrogen-bond donors (Lipinski definition) is 2. The van der Waals surface area contributed by atoms with Crippen molar-refractivity contribution < 1.29 is 9.18 Å². The molecule has 1 atom stereocenters. The van der Waals surface area contributed by atoms with Crippen molar-refractivity contribution >= 4 is 28.5 Å². The maximum atomic E-state index is 14.6. The predicted molar refractivity (Wildman–Crippen MR) is 120 cm³/mol. The van der Waals surface area contributed by atoms with Gasteiger partial charge in [0, 0.05) is 35.0 Å². The summed E-state index contributed by atoms with van der Waals surface area (Å²) in [4.78, 5) is 21.3. The van der Waals surface area contributed by atoms with Crippen LogP contribution in [-0.4, -0.2) is 21.8 Å². The molecule has 0 saturated carbocycles. The van der Waals surface area contributed by atoms with Crippen molar-refractivity contribution in [3.8, 4) is 11.1 Å². The molecule has 2 aromatic carbocycles. The molecular formula is C23H21FN4OS. The Morgan fingerprint density at radius 3 is 2.70 bits per heavy atom. The number of amidine groups is 1. The second kappa shape index (κ2) is 8.28. The minimum absolute atomic E-state index is 0.268. The lowest BCUT2D eigenvalue weighted by Crippen LogP contribution is -2.29. The fourth-order valence-electron chi connectivity index (χ4n) is 3.48. The van der Waals surface area contributed by atoms with Crippen molar-refractivity contribution in [3.63, 3.8) is 0 Å². The Labute approximate surface area is 178 Å². The Hall–Kier alpha value is -3.19. The largest absolute Gasteiger partial charge is 0.379 e. The van der Waals surface area contributed by atoms with E-state index in [-0.39, 0.29) is 11.7 Å². The van der Waals surface area contributed by atoms with Crippen LogP contribution < -0.4 is 11.1 Å². The molecule has 1 aliphatic rings. The number of thioether (sulfide) groups is 1. The van der Waals surface area contributed by atoms with Crippen LogP contribution in [0.15, 0.2) is 72.0 Å². The summed E-state index contributed by atoms with van der Waals surface area (Å²) in [6, 6.07) is 15.7. The van der Waals surface area contributed by atoms with E-state index in [0.29, 0.717) is 28.4 Å². The monoisotopic (exact) mass is 420 g/mol. The summed E-state index contributed by atoms with van der Waals surface area (Å²) >= 11 is 1.46. The summed E-state index contributed by atoms with van der Waals surface area (Å²) < 4.78 is 14.6. The van der Waals surface area contributed by atoms with Gasteiger partial charge in [0.05, 0.1) is 5.54 Å². The highest BCUT2D eigenvalue weighted by Gasteiger charge is 2.32. The van der Waals surface area contributed by atoms with Crippen LogP contribution in [0.5, 0.6) is 0 Å². The number of nitrogens with two attached hydrogens (primary N) is 1. The Bertz CT molecular complexity index is 1120. The zero-order chi connectivity index (χ0) is 21.1. The maximum absolute atomic E-state index is 14.6. The highest BCUT2D eigenvalue weighted by atomic mass is 32.2. The van der Waals surface area contributed by atoms with Gasteiger partial charge in [0.25, 0.3) is 5.91 Å². The van der Waals surface area contributed by atoms with E-state index in [0.717, 1.165) is 16.9 Å². The average molecular weight is 421 g/mol. The van der Waals surface area contributed by atoms with E-state index < -0.39 is 5.54 Å². The van der Waals surface area contributed by atoms with Gasteiger partial charge >= 0.3 is 0 Å². The van der Waals surface area contributed by atoms with Crippen molar-refractivity contribution in [2.75, 3.05) is 11.1 Å². The number of aromatic nitrogens is 1. The number of carbonyl (C=O) groups is 1. The lowest BCUT2D eigenvalue weighted by atomic mass is 9.89. The molecule has 30 heavy (non-hydrogen) atoms. The van der Waals surface area contributed by atoms with Crippen LogP contribution in [0.2, 0.25) is 0 Å². The Morgan fingerprint density at radius 1 is 1.13 bits per heavy atom. The second-order valence-electron chi connectivity index (χ2n) is 7.29. The minimum atomic E-state index is -0.749. The van der Waals surface area contributed by atoms with Crippen molar-refractivity contribution in [2.24, 2.45) is 10.7 Å². The van der Waals surface area contributed by atoms with Gasteiger partial charge in [0.2, 0.25) is 0 Å². The van der Waals surface area contributed by atoms with Gasteiger partial charge < -0.3 is 11.1 Å². The summed E-state index contributed by atoms with van der Waals surface area (Å²) in [5.41, 5.74) is 8.47. The van der Waals surface area contributed by atoms with Crippen LogP contribution in [0.4, 0.5) is 10.1 Å². The van der Waals surface area contributed by atoms with Crippen LogP contribution in [0, 0.1) is 5.82 Å². The molecular weight excluding hydrogens is 399 g/mol. The number of hydrogen-bond acceptors (Lipinski definition) is 5. The SMILES string of the molecule is CC1(c2cc(NC(=O)c3cccc(-c4ccncc4)c3)ccc2F)CCSC(N)=N1. The van der Waals surface area contributed by atoms with Crippen LogP contribution >= 0.6 is 11.8 Å².